The van der Waals surface area contributed by atoms with E-state index in [9.17, 15) is 19.2 Å². The molecule has 2 aliphatic heterocycles. The number of aliphatic carboxylic acids is 1. The van der Waals surface area contributed by atoms with Crippen LogP contribution in [0.15, 0.2) is 24.3 Å². The molecule has 7 nitrogen and oxygen atoms in total. The van der Waals surface area contributed by atoms with E-state index in [0.717, 1.165) is 24.8 Å². The van der Waals surface area contributed by atoms with Crippen molar-refractivity contribution in [1.82, 2.24) is 10.2 Å². The van der Waals surface area contributed by atoms with E-state index < -0.39 is 5.97 Å². The second kappa shape index (κ2) is 8.33. The Morgan fingerprint density at radius 3 is 2.52 bits per heavy atom. The summed E-state index contributed by atoms with van der Waals surface area (Å²) in [4.78, 5) is 48.5. The van der Waals surface area contributed by atoms with Gasteiger partial charge in [-0.15, -0.1) is 0 Å². The minimum Gasteiger partial charge on any atom is -0.481 e. The van der Waals surface area contributed by atoms with Crippen LogP contribution >= 0.6 is 0 Å². The minimum atomic E-state index is -0.841. The van der Waals surface area contributed by atoms with Crippen molar-refractivity contribution in [2.75, 3.05) is 6.54 Å². The van der Waals surface area contributed by atoms with E-state index in [-0.39, 0.29) is 42.5 Å². The van der Waals surface area contributed by atoms with Crippen molar-refractivity contribution in [3.05, 3.63) is 35.4 Å². The fourth-order valence-corrected chi connectivity index (χ4v) is 3.86. The van der Waals surface area contributed by atoms with Crippen molar-refractivity contribution in [3.8, 4) is 0 Å². The molecule has 144 valence electrons. The van der Waals surface area contributed by atoms with E-state index in [4.69, 9.17) is 5.11 Å². The Hall–Kier alpha value is -2.70. The quantitative estimate of drug-likeness (QED) is 0.741. The number of carbonyl (C=O) groups excluding carboxylic acids is 3. The summed E-state index contributed by atoms with van der Waals surface area (Å²) in [5, 5.41) is 11.2. The molecule has 1 aromatic rings. The normalized spacial score (nSPS) is 22.6. The van der Waals surface area contributed by atoms with Crippen molar-refractivity contribution >= 4 is 23.7 Å². The average Bonchev–Trinajstić information content (AvgIpc) is 2.97. The molecule has 2 atom stereocenters. The van der Waals surface area contributed by atoms with Gasteiger partial charge in [0.25, 0.3) is 5.91 Å². The van der Waals surface area contributed by atoms with Gasteiger partial charge in [-0.3, -0.25) is 24.5 Å². The fourth-order valence-electron chi connectivity index (χ4n) is 3.86. The maximum absolute atomic E-state index is 12.9. The molecule has 0 aromatic heterocycles. The highest BCUT2D eigenvalue weighted by atomic mass is 16.4. The number of carboxylic acid groups (broad SMARTS) is 1. The van der Waals surface area contributed by atoms with Crippen molar-refractivity contribution in [3.63, 3.8) is 0 Å². The summed E-state index contributed by atoms with van der Waals surface area (Å²) in [7, 11) is 0. The molecule has 2 saturated heterocycles. The van der Waals surface area contributed by atoms with Gasteiger partial charge in [-0.25, -0.2) is 0 Å². The van der Waals surface area contributed by atoms with Crippen LogP contribution in [0, 0.1) is 5.92 Å². The van der Waals surface area contributed by atoms with Gasteiger partial charge < -0.3 is 10.0 Å². The Kier molecular flexibility index (Phi) is 5.88. The molecule has 0 saturated carbocycles. The Bertz CT molecular complexity index is 743. The largest absolute Gasteiger partial charge is 0.481 e. The van der Waals surface area contributed by atoms with Gasteiger partial charge in [-0.1, -0.05) is 12.1 Å². The van der Waals surface area contributed by atoms with E-state index in [1.165, 1.54) is 0 Å². The van der Waals surface area contributed by atoms with E-state index >= 15 is 0 Å². The van der Waals surface area contributed by atoms with Gasteiger partial charge in [0.05, 0.1) is 5.92 Å². The highest BCUT2D eigenvalue weighted by molar-refractivity contribution is 6.03. The number of nitrogens with one attached hydrogen (secondary N) is 1. The summed E-state index contributed by atoms with van der Waals surface area (Å²) in [6.07, 6.45) is 3.99. The maximum Gasteiger partial charge on any atom is 0.303 e. The lowest BCUT2D eigenvalue weighted by Crippen LogP contribution is -2.44. The second-order valence-electron chi connectivity index (χ2n) is 7.30. The molecule has 2 heterocycles. The first-order valence-electron chi connectivity index (χ1n) is 9.39. The number of hydrogen-bond donors (Lipinski definition) is 2. The van der Waals surface area contributed by atoms with Crippen molar-refractivity contribution in [2.45, 2.75) is 51.0 Å². The highest BCUT2D eigenvalue weighted by Crippen LogP contribution is 2.24. The van der Waals surface area contributed by atoms with E-state index in [0.29, 0.717) is 24.9 Å². The average molecular weight is 372 g/mol. The van der Waals surface area contributed by atoms with Gasteiger partial charge in [0, 0.05) is 31.0 Å². The zero-order valence-electron chi connectivity index (χ0n) is 15.1. The van der Waals surface area contributed by atoms with Crippen molar-refractivity contribution in [1.29, 1.82) is 0 Å². The first-order valence-corrected chi connectivity index (χ1v) is 9.39. The first kappa shape index (κ1) is 19.1. The predicted molar refractivity (Wildman–Crippen MR) is 96.9 cm³/mol. The van der Waals surface area contributed by atoms with Crippen LogP contribution in [0.2, 0.25) is 0 Å². The molecule has 0 aliphatic carbocycles. The molecule has 3 amide bonds. The number of nitrogens with zero attached hydrogens (tertiary/aromatic N) is 1. The minimum absolute atomic E-state index is 0.0322. The van der Waals surface area contributed by atoms with Gasteiger partial charge in [0.15, 0.2) is 0 Å². The molecule has 0 spiro atoms. The smallest absolute Gasteiger partial charge is 0.303 e. The van der Waals surface area contributed by atoms with Crippen LogP contribution in [0.4, 0.5) is 0 Å². The number of carbonyl (C=O) groups is 4. The third-order valence-electron chi connectivity index (χ3n) is 5.33. The van der Waals surface area contributed by atoms with Crippen LogP contribution in [-0.4, -0.2) is 46.3 Å². The number of likely N-dealkylation sites (tertiary alicyclic amines) is 1. The molecule has 0 bridgehead atoms. The molecule has 2 unspecified atom stereocenters. The van der Waals surface area contributed by atoms with Crippen molar-refractivity contribution in [2.24, 2.45) is 5.92 Å². The maximum atomic E-state index is 12.9. The molecule has 27 heavy (non-hydrogen) atoms. The molecular weight excluding hydrogens is 348 g/mol. The molecule has 1 aromatic carbocycles. The van der Waals surface area contributed by atoms with E-state index in [1.807, 2.05) is 12.1 Å². The Balaban J connectivity index is 1.64. The van der Waals surface area contributed by atoms with E-state index in [1.54, 1.807) is 17.0 Å². The molecule has 3 rings (SSSR count). The number of rotatable bonds is 6. The van der Waals surface area contributed by atoms with Gasteiger partial charge in [-0.2, -0.15) is 0 Å². The molecule has 0 radical (unpaired) electrons. The van der Waals surface area contributed by atoms with Gasteiger partial charge in [0.2, 0.25) is 11.8 Å². The standard InChI is InChI=1S/C20H24N2O5/c23-17-12-15(19(26)21-17)11-13-4-6-14(7-5-13)20(27)22-10-2-1-3-16(22)8-9-18(24)25/h4-7,15-16H,1-3,8-12H2,(H,24,25)(H,21,23,26). The summed E-state index contributed by atoms with van der Waals surface area (Å²) in [5.74, 6) is -1.75. The lowest BCUT2D eigenvalue weighted by atomic mass is 9.95. The first-order chi connectivity index (χ1) is 12.9. The SMILES string of the molecule is O=C(O)CCC1CCCCN1C(=O)c1ccc(CC2CC(=O)NC2=O)cc1. The molecule has 2 N–H and O–H groups in total. The third-order valence-corrected chi connectivity index (χ3v) is 5.33. The number of hydrogen-bond acceptors (Lipinski definition) is 4. The third kappa shape index (κ3) is 4.72. The second-order valence-corrected chi connectivity index (χ2v) is 7.30. The number of carboxylic acids is 1. The predicted octanol–water partition coefficient (Wildman–Crippen LogP) is 1.75. The van der Waals surface area contributed by atoms with Gasteiger partial charge in [0.1, 0.15) is 0 Å². The monoisotopic (exact) mass is 372 g/mol. The van der Waals surface area contributed by atoms with Crippen LogP contribution < -0.4 is 5.32 Å². The fraction of sp³-hybridized carbons (Fsp3) is 0.500. The number of piperidine rings is 1. The number of amides is 3. The zero-order chi connectivity index (χ0) is 19.4. The number of imide groups is 1. The molecular formula is C20H24N2O5. The topological polar surface area (TPSA) is 104 Å². The van der Waals surface area contributed by atoms with Crippen LogP contribution in [0.1, 0.15) is 54.4 Å². The van der Waals surface area contributed by atoms with Gasteiger partial charge >= 0.3 is 5.97 Å². The summed E-state index contributed by atoms with van der Waals surface area (Å²) in [5.41, 5.74) is 1.47. The Morgan fingerprint density at radius 2 is 1.89 bits per heavy atom. The summed E-state index contributed by atoms with van der Waals surface area (Å²) >= 11 is 0. The number of benzene rings is 1. The Morgan fingerprint density at radius 1 is 1.15 bits per heavy atom. The lowest BCUT2D eigenvalue weighted by molar-refractivity contribution is -0.137. The Labute approximate surface area is 157 Å². The molecule has 2 fully saturated rings. The van der Waals surface area contributed by atoms with Crippen LogP contribution in [0.3, 0.4) is 0 Å². The van der Waals surface area contributed by atoms with Crippen LogP contribution in [-0.2, 0) is 20.8 Å². The van der Waals surface area contributed by atoms with Gasteiger partial charge in [-0.05, 0) is 49.8 Å². The van der Waals surface area contributed by atoms with Crippen LogP contribution in [0.25, 0.3) is 0 Å². The van der Waals surface area contributed by atoms with E-state index in [2.05, 4.69) is 5.32 Å². The van der Waals surface area contributed by atoms with Crippen LogP contribution in [0.5, 0.6) is 0 Å². The zero-order valence-corrected chi connectivity index (χ0v) is 15.1. The molecule has 2 aliphatic rings. The summed E-state index contributed by atoms with van der Waals surface area (Å²) in [6, 6.07) is 7.10. The van der Waals surface area contributed by atoms with Crippen molar-refractivity contribution < 1.29 is 24.3 Å². The molecule has 7 heteroatoms. The summed E-state index contributed by atoms with van der Waals surface area (Å²) < 4.78 is 0. The lowest BCUT2D eigenvalue weighted by Gasteiger charge is -2.35. The summed E-state index contributed by atoms with van der Waals surface area (Å²) in [6.45, 7) is 0.648. The highest BCUT2D eigenvalue weighted by Gasteiger charge is 2.31.